The maximum atomic E-state index is 11.2. The van der Waals surface area contributed by atoms with Gasteiger partial charge in [0.25, 0.3) is 0 Å². The summed E-state index contributed by atoms with van der Waals surface area (Å²) in [6.45, 7) is 0. The molecule has 2 aromatic heterocycles. The summed E-state index contributed by atoms with van der Waals surface area (Å²) in [5, 5.41) is 15.7. The highest BCUT2D eigenvalue weighted by Gasteiger charge is 2.17. The van der Waals surface area contributed by atoms with Crippen molar-refractivity contribution >= 4 is 74.4 Å². The van der Waals surface area contributed by atoms with Crippen molar-refractivity contribution < 1.29 is 9.90 Å². The average Bonchev–Trinajstić information content (AvgIpc) is 3.18. The van der Waals surface area contributed by atoms with Crippen LogP contribution in [0.4, 0.5) is 10.8 Å². The van der Waals surface area contributed by atoms with E-state index in [1.54, 1.807) is 18.2 Å². The number of benzene rings is 1. The molecule has 0 spiro atoms. The lowest BCUT2D eigenvalue weighted by Gasteiger charge is -2.05. The number of thiophene rings is 1. The second-order valence-electron chi connectivity index (χ2n) is 4.59. The maximum Gasteiger partial charge on any atom is 0.345 e. The van der Waals surface area contributed by atoms with Crippen LogP contribution < -0.4 is 5.32 Å². The summed E-state index contributed by atoms with van der Waals surface area (Å²) >= 11 is 16.3. The van der Waals surface area contributed by atoms with Crippen molar-refractivity contribution in [3.8, 4) is 11.3 Å². The summed E-state index contributed by atoms with van der Waals surface area (Å²) in [5.41, 5.74) is 2.23. The number of anilines is 2. The monoisotopic (exact) mass is 416 g/mol. The van der Waals surface area contributed by atoms with Crippen LogP contribution >= 0.6 is 57.6 Å². The number of thioether (sulfide) groups is 1. The largest absolute Gasteiger partial charge is 0.477 e. The Hall–Kier alpha value is -1.25. The van der Waals surface area contributed by atoms with Crippen molar-refractivity contribution in [3.05, 3.63) is 44.6 Å². The van der Waals surface area contributed by atoms with Gasteiger partial charge in [0.1, 0.15) is 4.88 Å². The number of hydrogen-bond donors (Lipinski definition) is 2. The Morgan fingerprint density at radius 2 is 2.17 bits per heavy atom. The average molecular weight is 417 g/mol. The van der Waals surface area contributed by atoms with Gasteiger partial charge < -0.3 is 10.4 Å². The van der Waals surface area contributed by atoms with Crippen LogP contribution in [0.3, 0.4) is 0 Å². The van der Waals surface area contributed by atoms with Gasteiger partial charge in [-0.3, -0.25) is 0 Å². The molecular formula is C15H10Cl2N2O2S3. The van der Waals surface area contributed by atoms with E-state index in [4.69, 9.17) is 28.3 Å². The van der Waals surface area contributed by atoms with E-state index in [0.29, 0.717) is 25.7 Å². The predicted octanol–water partition coefficient (Wildman–Crippen LogP) is 6.34. The molecule has 0 unspecified atom stereocenters. The molecule has 3 rings (SSSR count). The first kappa shape index (κ1) is 17.6. The Morgan fingerprint density at radius 1 is 1.38 bits per heavy atom. The molecule has 9 heteroatoms. The van der Waals surface area contributed by atoms with Crippen LogP contribution in [-0.2, 0) is 0 Å². The number of nitrogens with zero attached hydrogens (tertiary/aromatic N) is 1. The molecule has 2 N–H and O–H groups in total. The van der Waals surface area contributed by atoms with Gasteiger partial charge in [-0.1, -0.05) is 29.3 Å². The van der Waals surface area contributed by atoms with Gasteiger partial charge in [0.2, 0.25) is 0 Å². The molecule has 0 fully saturated rings. The Balaban J connectivity index is 1.91. The summed E-state index contributed by atoms with van der Waals surface area (Å²) in [6, 6.07) is 6.99. The molecule has 0 aliphatic rings. The molecule has 0 bridgehead atoms. The number of aromatic carboxylic acids is 1. The molecule has 0 amide bonds. The Kier molecular flexibility index (Phi) is 5.36. The van der Waals surface area contributed by atoms with Crippen molar-refractivity contribution in [3.63, 3.8) is 0 Å². The minimum atomic E-state index is -0.930. The van der Waals surface area contributed by atoms with Crippen LogP contribution in [0.1, 0.15) is 9.67 Å². The number of hydrogen-bond acceptors (Lipinski definition) is 6. The number of aromatic nitrogens is 1. The van der Waals surface area contributed by atoms with Crippen LogP contribution in [-0.4, -0.2) is 22.3 Å². The summed E-state index contributed by atoms with van der Waals surface area (Å²) < 4.78 is 0.921. The van der Waals surface area contributed by atoms with Crippen molar-refractivity contribution in [2.24, 2.45) is 0 Å². The van der Waals surface area contributed by atoms with E-state index in [-0.39, 0.29) is 0 Å². The van der Waals surface area contributed by atoms with Crippen LogP contribution in [0, 0.1) is 0 Å². The molecule has 0 atom stereocenters. The first-order valence-electron chi connectivity index (χ1n) is 6.57. The third kappa shape index (κ3) is 3.55. The molecule has 124 valence electrons. The van der Waals surface area contributed by atoms with Crippen LogP contribution in [0.2, 0.25) is 10.0 Å². The molecule has 3 aromatic rings. The van der Waals surface area contributed by atoms with Gasteiger partial charge in [-0.15, -0.1) is 34.4 Å². The topological polar surface area (TPSA) is 62.2 Å². The zero-order valence-corrected chi connectivity index (χ0v) is 16.1. The minimum absolute atomic E-state index is 0.301. The molecule has 0 radical (unpaired) electrons. The number of thiazole rings is 1. The number of rotatable bonds is 5. The van der Waals surface area contributed by atoms with Crippen molar-refractivity contribution in [1.82, 2.24) is 4.98 Å². The summed E-state index contributed by atoms with van der Waals surface area (Å²) in [4.78, 5) is 16.0. The molecule has 0 saturated heterocycles. The van der Waals surface area contributed by atoms with Crippen LogP contribution in [0.5, 0.6) is 0 Å². The highest BCUT2D eigenvalue weighted by Crippen LogP contribution is 2.40. The Bertz CT molecular complexity index is 908. The second kappa shape index (κ2) is 7.33. The van der Waals surface area contributed by atoms with E-state index in [9.17, 15) is 4.79 Å². The fraction of sp³-hybridized carbons (Fsp3) is 0.0667. The lowest BCUT2D eigenvalue weighted by molar-refractivity contribution is 0.0702. The van der Waals surface area contributed by atoms with Gasteiger partial charge in [-0.25, -0.2) is 9.78 Å². The third-order valence-corrected chi connectivity index (χ3v) is 6.90. The molecule has 2 heterocycles. The SMILES string of the molecule is CSc1sc(C(=O)O)cc1-c1csc(Nc2cccc(Cl)c2Cl)n1. The maximum absolute atomic E-state index is 11.2. The van der Waals surface area contributed by atoms with Gasteiger partial charge in [0, 0.05) is 10.9 Å². The van der Waals surface area contributed by atoms with E-state index in [0.717, 1.165) is 15.5 Å². The predicted molar refractivity (Wildman–Crippen MR) is 104 cm³/mol. The van der Waals surface area contributed by atoms with Crippen molar-refractivity contribution in [2.75, 3.05) is 11.6 Å². The second-order valence-corrected chi connectivity index (χ2v) is 8.36. The standard InChI is InChI=1S/C15H10Cl2N2O2S3/c1-22-14-7(5-11(24-14)13(20)21)10-6-23-15(19-10)18-9-4-2-3-8(16)12(9)17/h2-6H,1H3,(H,18,19)(H,20,21). The molecule has 0 aliphatic heterocycles. The Labute approximate surface area is 160 Å². The summed E-state index contributed by atoms with van der Waals surface area (Å²) in [7, 11) is 0. The number of halogens is 2. The van der Waals surface area contributed by atoms with Crippen LogP contribution in [0.25, 0.3) is 11.3 Å². The zero-order valence-electron chi connectivity index (χ0n) is 12.2. The fourth-order valence-electron chi connectivity index (χ4n) is 1.98. The summed E-state index contributed by atoms with van der Waals surface area (Å²) in [5.74, 6) is -0.930. The fourth-order valence-corrected chi connectivity index (χ4v) is 4.77. The highest BCUT2D eigenvalue weighted by molar-refractivity contribution is 8.00. The van der Waals surface area contributed by atoms with E-state index in [1.807, 2.05) is 17.7 Å². The highest BCUT2D eigenvalue weighted by atomic mass is 35.5. The lowest BCUT2D eigenvalue weighted by atomic mass is 10.2. The van der Waals surface area contributed by atoms with Crippen molar-refractivity contribution in [2.45, 2.75) is 4.21 Å². The van der Waals surface area contributed by atoms with E-state index in [2.05, 4.69) is 10.3 Å². The summed E-state index contributed by atoms with van der Waals surface area (Å²) in [6.07, 6.45) is 1.91. The zero-order chi connectivity index (χ0) is 17.3. The van der Waals surface area contributed by atoms with Crippen LogP contribution in [0.15, 0.2) is 33.9 Å². The number of nitrogens with one attached hydrogen (secondary N) is 1. The molecule has 0 saturated carbocycles. The third-order valence-electron chi connectivity index (χ3n) is 3.07. The first-order chi connectivity index (χ1) is 11.5. The lowest BCUT2D eigenvalue weighted by Crippen LogP contribution is -1.91. The van der Waals surface area contributed by atoms with E-state index in [1.165, 1.54) is 34.4 Å². The van der Waals surface area contributed by atoms with Gasteiger partial charge in [-0.05, 0) is 24.5 Å². The van der Waals surface area contributed by atoms with Gasteiger partial charge in [-0.2, -0.15) is 0 Å². The van der Waals surface area contributed by atoms with Gasteiger partial charge >= 0.3 is 5.97 Å². The normalized spacial score (nSPS) is 10.8. The van der Waals surface area contributed by atoms with E-state index >= 15 is 0 Å². The Morgan fingerprint density at radius 3 is 2.88 bits per heavy atom. The molecule has 4 nitrogen and oxygen atoms in total. The number of carboxylic acids is 1. The molecule has 1 aromatic carbocycles. The minimum Gasteiger partial charge on any atom is -0.477 e. The number of carbonyl (C=O) groups is 1. The van der Waals surface area contributed by atoms with Crippen molar-refractivity contribution in [1.29, 1.82) is 0 Å². The smallest absolute Gasteiger partial charge is 0.345 e. The van der Waals surface area contributed by atoms with Gasteiger partial charge in [0.05, 0.1) is 25.6 Å². The molecule has 0 aliphatic carbocycles. The quantitative estimate of drug-likeness (QED) is 0.474. The molecule has 24 heavy (non-hydrogen) atoms. The first-order valence-corrected chi connectivity index (χ1v) is 10.3. The number of carboxylic acid groups (broad SMARTS) is 1. The van der Waals surface area contributed by atoms with E-state index < -0.39 is 5.97 Å². The van der Waals surface area contributed by atoms with Gasteiger partial charge in [0.15, 0.2) is 5.13 Å². The molecular weight excluding hydrogens is 407 g/mol.